The zero-order valence-electron chi connectivity index (χ0n) is 11.7. The molecule has 3 N–H and O–H groups in total. The van der Waals surface area contributed by atoms with Crippen LogP contribution in [-0.2, 0) is 4.74 Å². The summed E-state index contributed by atoms with van der Waals surface area (Å²) in [6.07, 6.45) is 3.08. The molecule has 5 nitrogen and oxygen atoms in total. The number of rotatable bonds is 4. The molecule has 1 aliphatic rings. The van der Waals surface area contributed by atoms with Crippen LogP contribution in [0.3, 0.4) is 0 Å². The molecular weight excluding hydrogens is 242 g/mol. The molecule has 1 fully saturated rings. The van der Waals surface area contributed by atoms with Gasteiger partial charge in [0.1, 0.15) is 5.82 Å². The first kappa shape index (κ1) is 14.2. The van der Waals surface area contributed by atoms with Crippen LogP contribution in [0.2, 0.25) is 0 Å². The highest BCUT2D eigenvalue weighted by Gasteiger charge is 2.32. The predicted molar refractivity (Wildman–Crippen MR) is 75.1 cm³/mol. The molecule has 0 aliphatic carbocycles. The van der Waals surface area contributed by atoms with Crippen LogP contribution in [0.5, 0.6) is 0 Å². The predicted octanol–water partition coefficient (Wildman–Crippen LogP) is 1.08. The van der Waals surface area contributed by atoms with Crippen molar-refractivity contribution >= 4 is 5.82 Å². The molecule has 0 spiro atoms. The second kappa shape index (κ2) is 5.86. The van der Waals surface area contributed by atoms with Crippen molar-refractivity contribution in [3.63, 3.8) is 0 Å². The summed E-state index contributed by atoms with van der Waals surface area (Å²) >= 11 is 0. The first-order chi connectivity index (χ1) is 9.02. The molecule has 2 rings (SSSR count). The highest BCUT2D eigenvalue weighted by molar-refractivity contribution is 5.47. The van der Waals surface area contributed by atoms with Crippen LogP contribution in [0.15, 0.2) is 18.3 Å². The maximum Gasteiger partial charge on any atom is 0.133 e. The van der Waals surface area contributed by atoms with Gasteiger partial charge in [-0.15, -0.1) is 0 Å². The van der Waals surface area contributed by atoms with Crippen molar-refractivity contribution in [2.45, 2.75) is 31.4 Å². The Morgan fingerprint density at radius 3 is 2.84 bits per heavy atom. The number of aromatic nitrogens is 1. The van der Waals surface area contributed by atoms with Gasteiger partial charge < -0.3 is 20.5 Å². The third-order valence-electron chi connectivity index (χ3n) is 3.62. The minimum Gasteiger partial charge on any atom is -0.388 e. The second-order valence-corrected chi connectivity index (χ2v) is 5.40. The van der Waals surface area contributed by atoms with Crippen molar-refractivity contribution in [3.05, 3.63) is 23.9 Å². The van der Waals surface area contributed by atoms with Gasteiger partial charge in [0.2, 0.25) is 0 Å². The molecule has 0 bridgehead atoms. The molecule has 0 radical (unpaired) electrons. The second-order valence-electron chi connectivity index (χ2n) is 5.40. The first-order valence-corrected chi connectivity index (χ1v) is 6.74. The lowest BCUT2D eigenvalue weighted by molar-refractivity contribution is -0.0573. The fraction of sp³-hybridized carbons (Fsp3) is 0.643. The van der Waals surface area contributed by atoms with Gasteiger partial charge in [-0.3, -0.25) is 0 Å². The molecule has 0 unspecified atom stereocenters. The van der Waals surface area contributed by atoms with Gasteiger partial charge in [-0.25, -0.2) is 4.98 Å². The normalized spacial score (nSPS) is 20.0. The Kier molecular flexibility index (Phi) is 4.39. The number of likely N-dealkylation sites (N-methyl/N-ethyl adjacent to an activating group) is 1. The van der Waals surface area contributed by atoms with Crippen LogP contribution in [0, 0.1) is 0 Å². The quantitative estimate of drug-likeness (QED) is 0.852. The molecule has 1 atom stereocenters. The maximum absolute atomic E-state index is 10.6. The number of pyridine rings is 1. The molecule has 1 aromatic rings. The summed E-state index contributed by atoms with van der Waals surface area (Å²) in [4.78, 5) is 6.39. The molecule has 19 heavy (non-hydrogen) atoms. The Balaban J connectivity index is 2.13. The third-order valence-corrected chi connectivity index (χ3v) is 3.62. The summed E-state index contributed by atoms with van der Waals surface area (Å²) in [5.74, 6) is 0.845. The number of hydrogen-bond donors (Lipinski definition) is 2. The monoisotopic (exact) mass is 265 g/mol. The Bertz CT molecular complexity index is 417. The lowest BCUT2D eigenvalue weighted by Gasteiger charge is -2.36. The molecule has 0 amide bonds. The molecule has 1 aliphatic heterocycles. The number of nitrogens with zero attached hydrogens (tertiary/aromatic N) is 2. The van der Waals surface area contributed by atoms with Crippen molar-refractivity contribution < 1.29 is 9.84 Å². The molecule has 106 valence electrons. The van der Waals surface area contributed by atoms with Crippen molar-refractivity contribution in [3.8, 4) is 0 Å². The lowest BCUT2D eigenvalue weighted by Crippen LogP contribution is -2.46. The van der Waals surface area contributed by atoms with Gasteiger partial charge in [0.05, 0.1) is 5.60 Å². The number of ether oxygens (including phenoxy) is 1. The molecule has 5 heteroatoms. The summed E-state index contributed by atoms with van der Waals surface area (Å²) in [5, 5.41) is 10.6. The number of nitrogens with two attached hydrogens (primary N) is 1. The van der Waals surface area contributed by atoms with Crippen molar-refractivity contribution in [2.24, 2.45) is 5.73 Å². The van der Waals surface area contributed by atoms with E-state index < -0.39 is 5.60 Å². The Morgan fingerprint density at radius 1 is 1.53 bits per heavy atom. The summed E-state index contributed by atoms with van der Waals surface area (Å²) in [5.41, 5.74) is 6.28. The number of hydrogen-bond acceptors (Lipinski definition) is 5. The van der Waals surface area contributed by atoms with Gasteiger partial charge in [-0.2, -0.15) is 0 Å². The van der Waals surface area contributed by atoms with Crippen molar-refractivity contribution in [2.75, 3.05) is 31.7 Å². The Hall–Kier alpha value is -1.17. The lowest BCUT2D eigenvalue weighted by atomic mass is 9.93. The van der Waals surface area contributed by atoms with Crippen LogP contribution in [0.1, 0.15) is 31.4 Å². The van der Waals surface area contributed by atoms with E-state index in [4.69, 9.17) is 10.5 Å². The van der Waals surface area contributed by atoms with Gasteiger partial charge in [0.25, 0.3) is 0 Å². The van der Waals surface area contributed by atoms with Crippen molar-refractivity contribution in [1.82, 2.24) is 4.98 Å². The minimum absolute atomic E-state index is 0.0736. The molecule has 1 aromatic heterocycles. The fourth-order valence-electron chi connectivity index (χ4n) is 2.51. The van der Waals surface area contributed by atoms with E-state index in [0.29, 0.717) is 32.6 Å². The van der Waals surface area contributed by atoms with E-state index in [1.165, 1.54) is 0 Å². The van der Waals surface area contributed by atoms with Crippen LogP contribution >= 0.6 is 0 Å². The molecule has 1 saturated heterocycles. The van der Waals surface area contributed by atoms with Crippen LogP contribution < -0.4 is 10.6 Å². The minimum atomic E-state index is -0.695. The molecule has 0 aromatic carbocycles. The third kappa shape index (κ3) is 3.43. The average molecular weight is 265 g/mol. The largest absolute Gasteiger partial charge is 0.388 e. The van der Waals surface area contributed by atoms with E-state index >= 15 is 0 Å². The summed E-state index contributed by atoms with van der Waals surface area (Å²) in [6, 6.07) is 3.80. The van der Waals surface area contributed by atoms with Gasteiger partial charge >= 0.3 is 0 Å². The average Bonchev–Trinajstić information content (AvgIpc) is 2.39. The van der Waals surface area contributed by atoms with Crippen molar-refractivity contribution in [1.29, 1.82) is 0 Å². The number of anilines is 1. The molecule has 2 heterocycles. The van der Waals surface area contributed by atoms with E-state index in [9.17, 15) is 5.11 Å². The summed E-state index contributed by atoms with van der Waals surface area (Å²) in [7, 11) is 1.95. The SMILES string of the molecule is C[C@@H](N)c1cccnc1N(C)CC1(O)CCOCC1. The molecule has 0 saturated carbocycles. The summed E-state index contributed by atoms with van der Waals surface area (Å²) in [6.45, 7) is 3.73. The zero-order chi connectivity index (χ0) is 13.9. The maximum atomic E-state index is 10.6. The topological polar surface area (TPSA) is 71.6 Å². The van der Waals surface area contributed by atoms with E-state index in [0.717, 1.165) is 11.4 Å². The van der Waals surface area contributed by atoms with Gasteiger partial charge in [-0.05, 0) is 13.0 Å². The Morgan fingerprint density at radius 2 is 2.21 bits per heavy atom. The van der Waals surface area contributed by atoms with E-state index in [1.54, 1.807) is 6.20 Å². The first-order valence-electron chi connectivity index (χ1n) is 6.74. The highest BCUT2D eigenvalue weighted by atomic mass is 16.5. The Labute approximate surface area is 114 Å². The van der Waals surface area contributed by atoms with Crippen LogP contribution in [-0.4, -0.2) is 42.5 Å². The summed E-state index contributed by atoms with van der Waals surface area (Å²) < 4.78 is 5.30. The van der Waals surface area contributed by atoms with Gasteiger partial charge in [0.15, 0.2) is 0 Å². The zero-order valence-corrected chi connectivity index (χ0v) is 11.7. The van der Waals surface area contributed by atoms with E-state index in [2.05, 4.69) is 4.98 Å². The van der Waals surface area contributed by atoms with E-state index in [1.807, 2.05) is 31.0 Å². The molecular formula is C14H23N3O2. The smallest absolute Gasteiger partial charge is 0.133 e. The van der Waals surface area contributed by atoms with Crippen LogP contribution in [0.4, 0.5) is 5.82 Å². The van der Waals surface area contributed by atoms with E-state index in [-0.39, 0.29) is 6.04 Å². The van der Waals surface area contributed by atoms with Gasteiger partial charge in [0, 0.05) is 57.4 Å². The number of aliphatic hydroxyl groups is 1. The van der Waals surface area contributed by atoms with Crippen LogP contribution in [0.25, 0.3) is 0 Å². The fourth-order valence-corrected chi connectivity index (χ4v) is 2.51. The van der Waals surface area contributed by atoms with Gasteiger partial charge in [-0.1, -0.05) is 6.07 Å². The highest BCUT2D eigenvalue weighted by Crippen LogP contribution is 2.26. The standard InChI is InChI=1S/C14H23N3O2/c1-11(15)12-4-3-7-16-13(12)17(2)10-14(18)5-8-19-9-6-14/h3-4,7,11,18H,5-6,8-10,15H2,1-2H3/t11-/m1/s1.